The van der Waals surface area contributed by atoms with Crippen molar-refractivity contribution in [3.63, 3.8) is 0 Å². The van der Waals surface area contributed by atoms with Crippen molar-refractivity contribution in [2.45, 2.75) is 23.6 Å². The van der Waals surface area contributed by atoms with Crippen molar-refractivity contribution >= 4 is 32.5 Å². The van der Waals surface area contributed by atoms with Gasteiger partial charge in [0.2, 0.25) is 20.9 Å². The smallest absolute Gasteiger partial charge is 0.325 e. The molecule has 0 aliphatic heterocycles. The van der Waals surface area contributed by atoms with E-state index in [2.05, 4.69) is 10.3 Å². The first kappa shape index (κ1) is 22.5. The van der Waals surface area contributed by atoms with E-state index >= 15 is 0 Å². The van der Waals surface area contributed by atoms with E-state index in [1.54, 1.807) is 54.6 Å². The predicted molar refractivity (Wildman–Crippen MR) is 117 cm³/mol. The number of nitrogens with zero attached hydrogens (tertiary/aromatic N) is 2. The Balaban J connectivity index is 1.66. The van der Waals surface area contributed by atoms with Gasteiger partial charge in [-0.2, -0.15) is 13.2 Å². The van der Waals surface area contributed by atoms with Gasteiger partial charge in [-0.15, -0.1) is 0 Å². The van der Waals surface area contributed by atoms with Crippen LogP contribution in [0.25, 0.3) is 11.0 Å². The van der Waals surface area contributed by atoms with Gasteiger partial charge in [0.1, 0.15) is 6.54 Å². The second-order valence-electron chi connectivity index (χ2n) is 7.34. The van der Waals surface area contributed by atoms with Gasteiger partial charge < -0.3 is 9.88 Å². The summed E-state index contributed by atoms with van der Waals surface area (Å²) in [6.07, 6.45) is -4.56. The number of fused-ring (bicyclic) bond motifs is 1. The van der Waals surface area contributed by atoms with Gasteiger partial charge in [-0.1, -0.05) is 48.5 Å². The van der Waals surface area contributed by atoms with Crippen LogP contribution in [0, 0.1) is 0 Å². The van der Waals surface area contributed by atoms with Gasteiger partial charge in [-0.05, 0) is 35.9 Å². The van der Waals surface area contributed by atoms with E-state index in [1.165, 1.54) is 16.7 Å². The van der Waals surface area contributed by atoms with Gasteiger partial charge in [-0.3, -0.25) is 4.79 Å². The molecule has 0 atom stereocenters. The molecule has 0 fully saturated rings. The van der Waals surface area contributed by atoms with Crippen molar-refractivity contribution in [2.75, 3.05) is 5.32 Å². The average molecular weight is 473 g/mol. The Kier molecular flexibility index (Phi) is 5.94. The number of carbonyl (C=O) groups is 1. The lowest BCUT2D eigenvalue weighted by molar-refractivity contribution is -0.137. The first-order chi connectivity index (χ1) is 15.6. The monoisotopic (exact) mass is 473 g/mol. The molecule has 3 aromatic carbocycles. The van der Waals surface area contributed by atoms with E-state index in [-0.39, 0.29) is 16.6 Å². The first-order valence-electron chi connectivity index (χ1n) is 9.82. The van der Waals surface area contributed by atoms with Crippen LogP contribution in [0.5, 0.6) is 0 Å². The fraction of sp³-hybridized carbons (Fsp3) is 0.130. The van der Waals surface area contributed by atoms with Crippen LogP contribution in [-0.2, 0) is 33.1 Å². The fourth-order valence-electron chi connectivity index (χ4n) is 3.42. The molecule has 0 aliphatic rings. The third-order valence-electron chi connectivity index (χ3n) is 4.87. The van der Waals surface area contributed by atoms with Crippen LogP contribution in [0.3, 0.4) is 0 Å². The number of sulfone groups is 1. The maximum absolute atomic E-state index is 13.1. The molecular weight excluding hydrogens is 455 g/mol. The molecule has 6 nitrogen and oxygen atoms in total. The molecule has 1 heterocycles. The molecule has 0 bridgehead atoms. The van der Waals surface area contributed by atoms with Gasteiger partial charge in [0.25, 0.3) is 0 Å². The second-order valence-corrected chi connectivity index (χ2v) is 9.22. The van der Waals surface area contributed by atoms with Crippen LogP contribution >= 0.6 is 0 Å². The normalized spacial score (nSPS) is 12.1. The lowest BCUT2D eigenvalue weighted by atomic mass is 10.2. The zero-order valence-electron chi connectivity index (χ0n) is 17.1. The molecule has 0 saturated carbocycles. The molecule has 0 unspecified atom stereocenters. The molecule has 0 saturated heterocycles. The molecule has 0 aliphatic carbocycles. The number of aromatic nitrogens is 2. The third kappa shape index (κ3) is 5.06. The van der Waals surface area contributed by atoms with Gasteiger partial charge in [0.05, 0.1) is 22.3 Å². The number of anilines is 1. The number of para-hydroxylation sites is 2. The number of carbonyl (C=O) groups excluding carboxylic acids is 1. The summed E-state index contributed by atoms with van der Waals surface area (Å²) in [6.45, 7) is -0.444. The second kappa shape index (κ2) is 8.70. The minimum Gasteiger partial charge on any atom is -0.325 e. The van der Waals surface area contributed by atoms with Crippen molar-refractivity contribution in [1.82, 2.24) is 9.55 Å². The standard InChI is InChI=1S/C23H18F3N3O3S/c24-23(25,26)17-9-6-10-18(13-17)27-21(30)14-29-20-12-5-4-11-19(20)28-22(29)33(31,32)15-16-7-2-1-3-8-16/h1-13H,14-15H2,(H,27,30). The zero-order chi connectivity index (χ0) is 23.6. The maximum Gasteiger partial charge on any atom is 0.416 e. The maximum atomic E-state index is 13.1. The van der Waals surface area contributed by atoms with Crippen molar-refractivity contribution in [3.8, 4) is 0 Å². The highest BCUT2D eigenvalue weighted by Gasteiger charge is 2.30. The molecule has 1 amide bonds. The van der Waals surface area contributed by atoms with Gasteiger partial charge >= 0.3 is 6.18 Å². The number of rotatable bonds is 6. The highest BCUT2D eigenvalue weighted by atomic mass is 32.2. The van der Waals surface area contributed by atoms with E-state index in [0.29, 0.717) is 16.6 Å². The number of nitrogens with one attached hydrogen (secondary N) is 1. The van der Waals surface area contributed by atoms with Crippen molar-refractivity contribution in [3.05, 3.63) is 90.0 Å². The number of halogens is 3. The Labute approximate surface area is 187 Å². The molecule has 170 valence electrons. The largest absolute Gasteiger partial charge is 0.416 e. The minimum absolute atomic E-state index is 0.0482. The van der Waals surface area contributed by atoms with Crippen molar-refractivity contribution < 1.29 is 26.4 Å². The van der Waals surface area contributed by atoms with Crippen molar-refractivity contribution in [1.29, 1.82) is 0 Å². The van der Waals surface area contributed by atoms with Gasteiger partial charge in [-0.25, -0.2) is 13.4 Å². The summed E-state index contributed by atoms with van der Waals surface area (Å²) in [5, 5.41) is 2.12. The van der Waals surface area contributed by atoms with E-state index in [9.17, 15) is 26.4 Å². The molecule has 4 rings (SSSR count). The number of benzene rings is 3. The highest BCUT2D eigenvalue weighted by molar-refractivity contribution is 7.90. The summed E-state index contributed by atoms with van der Waals surface area (Å²) in [5.74, 6) is -1.000. The Morgan fingerprint density at radius 2 is 1.64 bits per heavy atom. The molecule has 0 radical (unpaired) electrons. The Bertz CT molecular complexity index is 1420. The van der Waals surface area contributed by atoms with Crippen LogP contribution in [0.4, 0.5) is 18.9 Å². The SMILES string of the molecule is O=C(Cn1c(S(=O)(=O)Cc2ccccc2)nc2ccccc21)Nc1cccc(C(F)(F)F)c1. The molecule has 1 N–H and O–H groups in total. The van der Waals surface area contributed by atoms with Crippen LogP contribution in [0.1, 0.15) is 11.1 Å². The highest BCUT2D eigenvalue weighted by Crippen LogP contribution is 2.30. The zero-order valence-corrected chi connectivity index (χ0v) is 17.9. The number of hydrogen-bond acceptors (Lipinski definition) is 4. The molecule has 33 heavy (non-hydrogen) atoms. The van der Waals surface area contributed by atoms with E-state index in [4.69, 9.17) is 0 Å². The third-order valence-corrected chi connectivity index (χ3v) is 6.45. The van der Waals surface area contributed by atoms with Crippen LogP contribution in [-0.4, -0.2) is 23.9 Å². The van der Waals surface area contributed by atoms with E-state index in [0.717, 1.165) is 12.1 Å². The topological polar surface area (TPSA) is 81.1 Å². The molecule has 10 heteroatoms. The van der Waals surface area contributed by atoms with Crippen LogP contribution in [0.15, 0.2) is 84.0 Å². The molecular formula is C23H18F3N3O3S. The predicted octanol–water partition coefficient (Wildman–Crippen LogP) is 4.67. The van der Waals surface area contributed by atoms with Gasteiger partial charge in [0.15, 0.2) is 0 Å². The quantitative estimate of drug-likeness (QED) is 0.441. The number of hydrogen-bond donors (Lipinski definition) is 1. The molecule has 0 spiro atoms. The minimum atomic E-state index is -4.56. The number of imidazole rings is 1. The van der Waals surface area contributed by atoms with Crippen LogP contribution in [0.2, 0.25) is 0 Å². The first-order valence-corrected chi connectivity index (χ1v) is 11.5. The average Bonchev–Trinajstić information content (AvgIpc) is 3.13. The summed E-state index contributed by atoms with van der Waals surface area (Å²) >= 11 is 0. The summed E-state index contributed by atoms with van der Waals surface area (Å²) in [6, 6.07) is 19.4. The van der Waals surface area contributed by atoms with E-state index in [1.807, 2.05) is 0 Å². The fourth-order valence-corrected chi connectivity index (χ4v) is 4.92. The summed E-state index contributed by atoms with van der Waals surface area (Å²) in [4.78, 5) is 16.9. The summed E-state index contributed by atoms with van der Waals surface area (Å²) < 4.78 is 66.4. The lowest BCUT2D eigenvalue weighted by Gasteiger charge is -2.12. The Morgan fingerprint density at radius 3 is 2.36 bits per heavy atom. The van der Waals surface area contributed by atoms with Gasteiger partial charge in [0, 0.05) is 5.69 Å². The Hall–Kier alpha value is -3.66. The van der Waals surface area contributed by atoms with Crippen LogP contribution < -0.4 is 5.32 Å². The summed E-state index contributed by atoms with van der Waals surface area (Å²) in [7, 11) is -3.93. The molecule has 1 aromatic heterocycles. The number of amides is 1. The summed E-state index contributed by atoms with van der Waals surface area (Å²) in [5.41, 5.74) is 0.413. The lowest BCUT2D eigenvalue weighted by Crippen LogP contribution is -2.22. The van der Waals surface area contributed by atoms with Crippen molar-refractivity contribution in [2.24, 2.45) is 0 Å². The molecule has 4 aromatic rings. The van der Waals surface area contributed by atoms with E-state index < -0.39 is 34.0 Å². The Morgan fingerprint density at radius 1 is 0.939 bits per heavy atom. The number of alkyl halides is 3.